The molecule has 0 saturated heterocycles. The van der Waals surface area contributed by atoms with Crippen LogP contribution in [0.15, 0.2) is 12.3 Å². The number of rotatable bonds is 7. The second-order valence-electron chi connectivity index (χ2n) is 3.66. The Hall–Kier alpha value is -2.51. The quantitative estimate of drug-likeness (QED) is 0.318. The summed E-state index contributed by atoms with van der Waals surface area (Å²) in [5.41, 5.74) is -0.280. The van der Waals surface area contributed by atoms with Gasteiger partial charge in [-0.3, -0.25) is 14.9 Å². The fourth-order valence-corrected chi connectivity index (χ4v) is 1.46. The molecule has 108 valence electrons. The first-order chi connectivity index (χ1) is 9.49. The van der Waals surface area contributed by atoms with E-state index in [0.717, 1.165) is 6.20 Å². The van der Waals surface area contributed by atoms with Gasteiger partial charge in [-0.25, -0.2) is 9.78 Å². The lowest BCUT2D eigenvalue weighted by Gasteiger charge is -2.05. The van der Waals surface area contributed by atoms with Gasteiger partial charge in [-0.1, -0.05) is 0 Å². The zero-order valence-electron chi connectivity index (χ0n) is 11.1. The summed E-state index contributed by atoms with van der Waals surface area (Å²) in [6.45, 7) is 3.68. The fourth-order valence-electron chi connectivity index (χ4n) is 1.46. The lowest BCUT2D eigenvalue weighted by Crippen LogP contribution is -2.20. The van der Waals surface area contributed by atoms with E-state index in [1.54, 1.807) is 13.8 Å². The van der Waals surface area contributed by atoms with E-state index in [1.165, 1.54) is 6.07 Å². The van der Waals surface area contributed by atoms with Crippen molar-refractivity contribution in [1.29, 1.82) is 0 Å². The zero-order chi connectivity index (χ0) is 15.1. The molecule has 0 spiro atoms. The van der Waals surface area contributed by atoms with Crippen molar-refractivity contribution in [1.82, 2.24) is 4.98 Å². The summed E-state index contributed by atoms with van der Waals surface area (Å²) in [5.74, 6) is -1.72. The van der Waals surface area contributed by atoms with Crippen LogP contribution in [0.2, 0.25) is 0 Å². The van der Waals surface area contributed by atoms with Crippen LogP contribution in [-0.4, -0.2) is 34.9 Å². The molecule has 0 aliphatic heterocycles. The SMILES string of the molecule is CCOC(=O)C(=O)Cc1cc(OCC)ncc1[N+](=O)[O-]. The van der Waals surface area contributed by atoms with E-state index < -0.39 is 23.1 Å². The van der Waals surface area contributed by atoms with Crippen LogP contribution in [0.4, 0.5) is 5.69 Å². The normalized spacial score (nSPS) is 9.90. The molecule has 0 aliphatic rings. The first-order valence-corrected chi connectivity index (χ1v) is 5.95. The van der Waals surface area contributed by atoms with Crippen molar-refractivity contribution in [3.63, 3.8) is 0 Å². The Morgan fingerprint density at radius 2 is 2.05 bits per heavy atom. The molecule has 0 bridgehead atoms. The molecule has 8 nitrogen and oxygen atoms in total. The van der Waals surface area contributed by atoms with Crippen molar-refractivity contribution in [2.75, 3.05) is 13.2 Å². The number of carbonyl (C=O) groups excluding carboxylic acids is 2. The van der Waals surface area contributed by atoms with Crippen LogP contribution in [0.25, 0.3) is 0 Å². The predicted molar refractivity (Wildman–Crippen MR) is 67.4 cm³/mol. The van der Waals surface area contributed by atoms with E-state index in [9.17, 15) is 19.7 Å². The highest BCUT2D eigenvalue weighted by atomic mass is 16.6. The van der Waals surface area contributed by atoms with Gasteiger partial charge >= 0.3 is 5.97 Å². The van der Waals surface area contributed by atoms with Crippen LogP contribution < -0.4 is 4.74 Å². The molecule has 0 fully saturated rings. The summed E-state index contributed by atoms with van der Waals surface area (Å²) in [5, 5.41) is 10.9. The second-order valence-corrected chi connectivity index (χ2v) is 3.66. The lowest BCUT2D eigenvalue weighted by atomic mass is 10.1. The summed E-state index contributed by atoms with van der Waals surface area (Å²) >= 11 is 0. The molecule has 1 aromatic heterocycles. The van der Waals surface area contributed by atoms with Crippen molar-refractivity contribution in [3.8, 4) is 5.88 Å². The molecule has 8 heteroatoms. The van der Waals surface area contributed by atoms with Crippen LogP contribution in [0.5, 0.6) is 5.88 Å². The number of pyridine rings is 1. The van der Waals surface area contributed by atoms with Crippen molar-refractivity contribution < 1.29 is 24.0 Å². The van der Waals surface area contributed by atoms with Gasteiger partial charge < -0.3 is 9.47 Å². The molecule has 20 heavy (non-hydrogen) atoms. The number of ether oxygens (including phenoxy) is 2. The van der Waals surface area contributed by atoms with Gasteiger partial charge in [0.25, 0.3) is 5.69 Å². The second kappa shape index (κ2) is 7.17. The fraction of sp³-hybridized carbons (Fsp3) is 0.417. The van der Waals surface area contributed by atoms with E-state index in [2.05, 4.69) is 9.72 Å². The van der Waals surface area contributed by atoms with E-state index in [0.29, 0.717) is 6.61 Å². The number of ketones is 1. The number of carbonyl (C=O) groups is 2. The Kier molecular flexibility index (Phi) is 5.57. The van der Waals surface area contributed by atoms with Gasteiger partial charge in [0, 0.05) is 11.6 Å². The Balaban J connectivity index is 3.01. The number of nitrogens with zero attached hydrogens (tertiary/aromatic N) is 2. The minimum absolute atomic E-state index is 0.0616. The molecule has 0 atom stereocenters. The summed E-state index contributed by atoms with van der Waals surface area (Å²) in [7, 11) is 0. The minimum atomic E-state index is -1.02. The number of hydrogen-bond acceptors (Lipinski definition) is 7. The maximum atomic E-state index is 11.6. The summed E-state index contributed by atoms with van der Waals surface area (Å²) in [6, 6.07) is 1.28. The molecule has 1 heterocycles. The van der Waals surface area contributed by atoms with Crippen LogP contribution in [0, 0.1) is 10.1 Å². The zero-order valence-corrected chi connectivity index (χ0v) is 11.1. The first-order valence-electron chi connectivity index (χ1n) is 5.95. The molecular weight excluding hydrogens is 268 g/mol. The Morgan fingerprint density at radius 3 is 2.60 bits per heavy atom. The van der Waals surface area contributed by atoms with E-state index >= 15 is 0 Å². The van der Waals surface area contributed by atoms with Crippen molar-refractivity contribution in [2.45, 2.75) is 20.3 Å². The number of nitro groups is 1. The third kappa shape index (κ3) is 4.01. The van der Waals surface area contributed by atoms with Gasteiger partial charge in [0.1, 0.15) is 6.20 Å². The average molecular weight is 282 g/mol. The molecule has 0 saturated carbocycles. The maximum Gasteiger partial charge on any atom is 0.374 e. The minimum Gasteiger partial charge on any atom is -0.478 e. The Labute approximate surface area is 114 Å². The molecule has 0 aromatic carbocycles. The van der Waals surface area contributed by atoms with Gasteiger partial charge in [-0.05, 0) is 13.8 Å². The third-order valence-corrected chi connectivity index (χ3v) is 2.28. The van der Waals surface area contributed by atoms with E-state index in [1.807, 2.05) is 0 Å². The number of aromatic nitrogens is 1. The van der Waals surface area contributed by atoms with Crippen LogP contribution in [0.1, 0.15) is 19.4 Å². The standard InChI is InChI=1S/C12H14N2O6/c1-3-19-11-6-8(9(7-13-11)14(17)18)5-10(15)12(16)20-4-2/h6-7H,3-5H2,1-2H3. The summed E-state index contributed by atoms with van der Waals surface area (Å²) in [4.78, 5) is 36.8. The van der Waals surface area contributed by atoms with Crippen molar-refractivity contribution in [3.05, 3.63) is 27.9 Å². The summed E-state index contributed by atoms with van der Waals surface area (Å²) < 4.78 is 9.66. The Morgan fingerprint density at radius 1 is 1.35 bits per heavy atom. The first kappa shape index (κ1) is 15.5. The smallest absolute Gasteiger partial charge is 0.374 e. The Bertz CT molecular complexity index is 529. The van der Waals surface area contributed by atoms with Gasteiger partial charge in [0.15, 0.2) is 0 Å². The summed E-state index contributed by atoms with van der Waals surface area (Å²) in [6.07, 6.45) is 0.566. The van der Waals surface area contributed by atoms with E-state index in [4.69, 9.17) is 4.74 Å². The molecule has 0 radical (unpaired) electrons. The van der Waals surface area contributed by atoms with Crippen molar-refractivity contribution in [2.24, 2.45) is 0 Å². The largest absolute Gasteiger partial charge is 0.478 e. The van der Waals surface area contributed by atoms with Gasteiger partial charge in [0.05, 0.1) is 24.6 Å². The highest BCUT2D eigenvalue weighted by Crippen LogP contribution is 2.22. The maximum absolute atomic E-state index is 11.6. The van der Waals surface area contributed by atoms with Gasteiger partial charge in [-0.2, -0.15) is 0 Å². The molecule has 0 amide bonds. The van der Waals surface area contributed by atoms with Crippen molar-refractivity contribution >= 4 is 17.4 Å². The van der Waals surface area contributed by atoms with Gasteiger partial charge in [0.2, 0.25) is 11.7 Å². The molecule has 1 rings (SSSR count). The number of esters is 1. The van der Waals surface area contributed by atoms with Crippen LogP contribution >= 0.6 is 0 Å². The average Bonchev–Trinajstić information content (AvgIpc) is 2.39. The molecule has 1 aromatic rings. The third-order valence-electron chi connectivity index (χ3n) is 2.28. The topological polar surface area (TPSA) is 109 Å². The van der Waals surface area contributed by atoms with Crippen LogP contribution in [0.3, 0.4) is 0 Å². The molecule has 0 aliphatic carbocycles. The number of hydrogen-bond donors (Lipinski definition) is 0. The molecule has 0 N–H and O–H groups in total. The van der Waals surface area contributed by atoms with E-state index in [-0.39, 0.29) is 23.7 Å². The molecule has 0 unspecified atom stereocenters. The predicted octanol–water partition coefficient (Wildman–Crippen LogP) is 1.06. The lowest BCUT2D eigenvalue weighted by molar-refractivity contribution is -0.385. The monoisotopic (exact) mass is 282 g/mol. The highest BCUT2D eigenvalue weighted by molar-refractivity contribution is 6.34. The van der Waals surface area contributed by atoms with Gasteiger partial charge in [-0.15, -0.1) is 0 Å². The highest BCUT2D eigenvalue weighted by Gasteiger charge is 2.22. The molecular formula is C12H14N2O6. The number of Topliss-reactive ketones (excluding diaryl/α,β-unsaturated/α-hetero) is 1. The van der Waals surface area contributed by atoms with Crippen LogP contribution in [-0.2, 0) is 20.7 Å².